The van der Waals surface area contributed by atoms with Crippen molar-refractivity contribution in [3.8, 4) is 0 Å². The van der Waals surface area contributed by atoms with Gasteiger partial charge in [0.15, 0.2) is 0 Å². The molecular formula is C7H11ClO2Zr. The van der Waals surface area contributed by atoms with Gasteiger partial charge in [-0.1, -0.05) is 0 Å². The summed E-state index contributed by atoms with van der Waals surface area (Å²) in [4.78, 5) is 0. The molecule has 0 unspecified atom stereocenters. The summed E-state index contributed by atoms with van der Waals surface area (Å²) in [6.45, 7) is 0. The SMILES string of the molecule is C[O][Zr]([Cl])([O]C)[CH]1C=CC=C1. The van der Waals surface area contributed by atoms with Crippen molar-refractivity contribution in [2.24, 2.45) is 0 Å². The van der Waals surface area contributed by atoms with Crippen LogP contribution in [0.4, 0.5) is 0 Å². The van der Waals surface area contributed by atoms with Crippen LogP contribution in [-0.4, -0.2) is 14.2 Å². The van der Waals surface area contributed by atoms with Crippen LogP contribution >= 0.6 is 8.51 Å². The van der Waals surface area contributed by atoms with Crippen LogP contribution in [0.3, 0.4) is 0 Å². The van der Waals surface area contributed by atoms with Crippen LogP contribution in [0.2, 0.25) is 3.63 Å². The van der Waals surface area contributed by atoms with Gasteiger partial charge in [0, 0.05) is 0 Å². The number of halogens is 1. The molecule has 0 saturated heterocycles. The van der Waals surface area contributed by atoms with E-state index in [0.717, 1.165) is 0 Å². The van der Waals surface area contributed by atoms with Gasteiger partial charge in [-0.2, -0.15) is 0 Å². The molecule has 0 aromatic heterocycles. The van der Waals surface area contributed by atoms with Gasteiger partial charge in [-0.25, -0.2) is 0 Å². The molecular weight excluding hydrogens is 243 g/mol. The molecule has 4 heteroatoms. The van der Waals surface area contributed by atoms with Gasteiger partial charge < -0.3 is 0 Å². The maximum absolute atomic E-state index is 6.18. The summed E-state index contributed by atoms with van der Waals surface area (Å²) in [7, 11) is 9.41. The maximum atomic E-state index is 6.18. The fraction of sp³-hybridized carbons (Fsp3) is 0.429. The zero-order chi connectivity index (χ0) is 8.32. The molecule has 0 spiro atoms. The van der Waals surface area contributed by atoms with Crippen LogP contribution < -0.4 is 0 Å². The number of rotatable bonds is 3. The second-order valence-corrected chi connectivity index (χ2v) is 11.9. The summed E-state index contributed by atoms with van der Waals surface area (Å²) in [5.41, 5.74) is 0. The first-order valence-electron chi connectivity index (χ1n) is 3.37. The Morgan fingerprint density at radius 3 is 2.00 bits per heavy atom. The second kappa shape index (κ2) is 4.00. The number of hydrogen-bond acceptors (Lipinski definition) is 2. The van der Waals surface area contributed by atoms with E-state index in [-0.39, 0.29) is 3.63 Å². The third-order valence-corrected chi connectivity index (χ3v) is 10.7. The number of hydrogen-bond donors (Lipinski definition) is 0. The Morgan fingerprint density at radius 2 is 1.64 bits per heavy atom. The molecule has 0 aromatic carbocycles. The Kier molecular flexibility index (Phi) is 3.51. The third kappa shape index (κ3) is 2.03. The average molecular weight is 254 g/mol. The van der Waals surface area contributed by atoms with E-state index in [1.54, 1.807) is 14.2 Å². The fourth-order valence-electron chi connectivity index (χ4n) is 1.02. The van der Waals surface area contributed by atoms with E-state index in [1.807, 2.05) is 24.3 Å². The van der Waals surface area contributed by atoms with Crippen LogP contribution in [0.1, 0.15) is 0 Å². The Morgan fingerprint density at radius 1 is 1.18 bits per heavy atom. The van der Waals surface area contributed by atoms with Crippen molar-refractivity contribution in [3.05, 3.63) is 24.3 Å². The van der Waals surface area contributed by atoms with Gasteiger partial charge in [-0.15, -0.1) is 0 Å². The molecule has 2 nitrogen and oxygen atoms in total. The summed E-state index contributed by atoms with van der Waals surface area (Å²) in [5, 5.41) is 0. The first-order chi connectivity index (χ1) is 5.23. The van der Waals surface area contributed by atoms with Gasteiger partial charge in [-0.05, 0) is 0 Å². The molecule has 0 aliphatic heterocycles. The molecule has 1 aliphatic rings. The van der Waals surface area contributed by atoms with Crippen molar-refractivity contribution in [2.45, 2.75) is 3.63 Å². The third-order valence-electron chi connectivity index (χ3n) is 1.70. The predicted octanol–water partition coefficient (Wildman–Crippen LogP) is 2.33. The van der Waals surface area contributed by atoms with Crippen molar-refractivity contribution in [3.63, 3.8) is 0 Å². The molecule has 0 N–H and O–H groups in total. The summed E-state index contributed by atoms with van der Waals surface area (Å²) in [6, 6.07) is 0. The molecule has 1 rings (SSSR count). The first-order valence-corrected chi connectivity index (χ1v) is 9.96. The van der Waals surface area contributed by atoms with E-state index < -0.39 is 20.0 Å². The predicted molar refractivity (Wildman–Crippen MR) is 41.9 cm³/mol. The van der Waals surface area contributed by atoms with E-state index in [1.165, 1.54) is 0 Å². The van der Waals surface area contributed by atoms with Crippen LogP contribution in [0, 0.1) is 0 Å². The molecule has 62 valence electrons. The van der Waals surface area contributed by atoms with Crippen molar-refractivity contribution >= 4 is 8.51 Å². The fourth-order valence-corrected chi connectivity index (χ4v) is 5.30. The Hall–Kier alpha value is 0.573. The van der Waals surface area contributed by atoms with E-state index in [9.17, 15) is 0 Å². The minimum atomic E-state index is -3.20. The second-order valence-electron chi connectivity index (χ2n) is 2.29. The summed E-state index contributed by atoms with van der Waals surface area (Å²) in [6.07, 6.45) is 7.99. The monoisotopic (exact) mass is 252 g/mol. The van der Waals surface area contributed by atoms with Crippen molar-refractivity contribution in [1.82, 2.24) is 0 Å². The average Bonchev–Trinajstić information content (AvgIpc) is 2.55. The van der Waals surface area contributed by atoms with E-state index in [0.29, 0.717) is 0 Å². The quantitative estimate of drug-likeness (QED) is 0.769. The van der Waals surface area contributed by atoms with Gasteiger partial charge in [0.25, 0.3) is 0 Å². The van der Waals surface area contributed by atoms with Crippen LogP contribution in [-0.2, 0) is 25.6 Å². The van der Waals surface area contributed by atoms with E-state index in [4.69, 9.17) is 14.1 Å². The minimum absolute atomic E-state index is 0.209. The van der Waals surface area contributed by atoms with Crippen LogP contribution in [0.15, 0.2) is 24.3 Å². The van der Waals surface area contributed by atoms with Crippen LogP contribution in [0.5, 0.6) is 0 Å². The first kappa shape index (κ1) is 9.66. The van der Waals surface area contributed by atoms with Gasteiger partial charge in [0.1, 0.15) is 0 Å². The van der Waals surface area contributed by atoms with Crippen molar-refractivity contribution < 1.29 is 25.6 Å². The van der Waals surface area contributed by atoms with Gasteiger partial charge in [0.2, 0.25) is 0 Å². The van der Waals surface area contributed by atoms with Crippen molar-refractivity contribution in [2.75, 3.05) is 14.2 Å². The molecule has 0 bridgehead atoms. The zero-order valence-electron chi connectivity index (χ0n) is 6.58. The molecule has 1 aliphatic carbocycles. The van der Waals surface area contributed by atoms with Gasteiger partial charge in [-0.3, -0.25) is 0 Å². The molecule has 11 heavy (non-hydrogen) atoms. The van der Waals surface area contributed by atoms with Gasteiger partial charge >= 0.3 is 76.2 Å². The molecule has 0 amide bonds. The van der Waals surface area contributed by atoms with Gasteiger partial charge in [0.05, 0.1) is 0 Å². The standard InChI is InChI=1S/C5H5.2CH3O.ClH.Zr/c1-2-4-5-3-1;2*1-2;;/h1-5H;2*1H3;1H;/q;2*-1;;+3/p-1. The van der Waals surface area contributed by atoms with E-state index >= 15 is 0 Å². The molecule has 0 aromatic rings. The summed E-state index contributed by atoms with van der Waals surface area (Å²) >= 11 is -3.20. The molecule has 0 heterocycles. The Bertz CT molecular complexity index is 175. The van der Waals surface area contributed by atoms with Crippen LogP contribution in [0.25, 0.3) is 0 Å². The Labute approximate surface area is 76.0 Å². The normalized spacial score (nSPS) is 18.1. The molecule has 0 radical (unpaired) electrons. The van der Waals surface area contributed by atoms with E-state index in [2.05, 4.69) is 0 Å². The topological polar surface area (TPSA) is 18.5 Å². The van der Waals surface area contributed by atoms with Crippen molar-refractivity contribution in [1.29, 1.82) is 0 Å². The Balaban J connectivity index is 2.68. The molecule has 0 saturated carbocycles. The molecule has 0 fully saturated rings. The summed E-state index contributed by atoms with van der Waals surface area (Å²) in [5.74, 6) is 0. The molecule has 0 atom stereocenters. The summed E-state index contributed by atoms with van der Waals surface area (Å²) < 4.78 is 10.7. The number of allylic oxidation sites excluding steroid dienone is 4. The zero-order valence-corrected chi connectivity index (χ0v) is 9.80.